The summed E-state index contributed by atoms with van der Waals surface area (Å²) in [5.41, 5.74) is 4.22. The minimum absolute atomic E-state index is 0.183. The first kappa shape index (κ1) is 19.9. The third kappa shape index (κ3) is 4.43. The molecule has 1 amide bonds. The van der Waals surface area contributed by atoms with Gasteiger partial charge in [-0.15, -0.1) is 0 Å². The maximum Gasteiger partial charge on any atom is 0.261 e. The van der Waals surface area contributed by atoms with E-state index in [2.05, 4.69) is 21.3 Å². The van der Waals surface area contributed by atoms with Gasteiger partial charge in [-0.1, -0.05) is 12.1 Å². The quantitative estimate of drug-likeness (QED) is 0.743. The molecule has 6 heteroatoms. The average Bonchev–Trinajstić information content (AvgIpc) is 2.66. The number of amides is 1. The fourth-order valence-electron chi connectivity index (χ4n) is 4.50. The van der Waals surface area contributed by atoms with Crippen LogP contribution in [0.2, 0.25) is 0 Å². The van der Waals surface area contributed by atoms with E-state index in [1.165, 1.54) is 0 Å². The van der Waals surface area contributed by atoms with Crippen molar-refractivity contribution in [3.8, 4) is 0 Å². The van der Waals surface area contributed by atoms with E-state index in [4.69, 9.17) is 0 Å². The van der Waals surface area contributed by atoms with Gasteiger partial charge >= 0.3 is 0 Å². The molecular formula is C23H29N3O3. The molecule has 1 aromatic carbocycles. The molecule has 3 N–H and O–H groups in total. The summed E-state index contributed by atoms with van der Waals surface area (Å²) < 4.78 is 0. The molecular weight excluding hydrogens is 366 g/mol. The molecule has 2 heterocycles. The molecule has 154 valence electrons. The highest BCUT2D eigenvalue weighted by molar-refractivity contribution is 6.04. The molecule has 0 unspecified atom stereocenters. The van der Waals surface area contributed by atoms with E-state index in [0.717, 1.165) is 73.3 Å². The first-order valence-electron chi connectivity index (χ1n) is 10.4. The normalized spacial score (nSPS) is 16.8. The van der Waals surface area contributed by atoms with Gasteiger partial charge in [0.15, 0.2) is 0 Å². The van der Waals surface area contributed by atoms with Crippen LogP contribution in [0.4, 0.5) is 5.69 Å². The Morgan fingerprint density at radius 3 is 2.79 bits per heavy atom. The number of anilines is 1. The van der Waals surface area contributed by atoms with Gasteiger partial charge < -0.3 is 15.4 Å². The molecule has 4 rings (SSSR count). The summed E-state index contributed by atoms with van der Waals surface area (Å²) in [5, 5.41) is 13.1. The van der Waals surface area contributed by atoms with Crippen LogP contribution in [0.3, 0.4) is 0 Å². The molecule has 29 heavy (non-hydrogen) atoms. The number of nitrogens with zero attached hydrogens (tertiary/aromatic N) is 1. The summed E-state index contributed by atoms with van der Waals surface area (Å²) in [6.45, 7) is 5.80. The van der Waals surface area contributed by atoms with Crippen molar-refractivity contribution in [2.75, 3.05) is 18.4 Å². The van der Waals surface area contributed by atoms with Crippen LogP contribution < -0.4 is 10.9 Å². The fraction of sp³-hybridized carbons (Fsp3) is 0.478. The lowest BCUT2D eigenvalue weighted by molar-refractivity contribution is 0.0318. The summed E-state index contributed by atoms with van der Waals surface area (Å²) in [5.74, 6) is -0.355. The maximum atomic E-state index is 12.9. The number of nitrogens with one attached hydrogen (secondary N) is 2. The van der Waals surface area contributed by atoms with Gasteiger partial charge in [-0.2, -0.15) is 0 Å². The Bertz CT molecular complexity index is 988. The monoisotopic (exact) mass is 395 g/mol. The minimum atomic E-state index is -0.739. The summed E-state index contributed by atoms with van der Waals surface area (Å²) in [7, 11) is 0. The molecule has 0 fully saturated rings. The van der Waals surface area contributed by atoms with Crippen LogP contribution >= 0.6 is 0 Å². The molecule has 1 aliphatic carbocycles. The van der Waals surface area contributed by atoms with E-state index >= 15 is 0 Å². The van der Waals surface area contributed by atoms with E-state index in [0.29, 0.717) is 6.54 Å². The number of H-pyrrole nitrogens is 1. The van der Waals surface area contributed by atoms with Crippen molar-refractivity contribution in [2.24, 2.45) is 0 Å². The Kier molecular flexibility index (Phi) is 5.32. The Hall–Kier alpha value is -2.44. The topological polar surface area (TPSA) is 85.4 Å². The highest BCUT2D eigenvalue weighted by Gasteiger charge is 2.25. The van der Waals surface area contributed by atoms with E-state index in [-0.39, 0.29) is 17.0 Å². The van der Waals surface area contributed by atoms with Gasteiger partial charge in [0, 0.05) is 31.0 Å². The van der Waals surface area contributed by atoms with Crippen molar-refractivity contribution < 1.29 is 9.90 Å². The van der Waals surface area contributed by atoms with Gasteiger partial charge in [0.05, 0.1) is 5.60 Å². The molecule has 2 aliphatic rings. The Morgan fingerprint density at radius 1 is 1.21 bits per heavy atom. The largest absolute Gasteiger partial charge is 0.389 e. The van der Waals surface area contributed by atoms with E-state index in [1.807, 2.05) is 26.0 Å². The number of benzene rings is 1. The van der Waals surface area contributed by atoms with E-state index < -0.39 is 5.60 Å². The number of hydrogen-bond donors (Lipinski definition) is 3. The third-order valence-corrected chi connectivity index (χ3v) is 5.79. The predicted octanol–water partition coefficient (Wildman–Crippen LogP) is 2.64. The van der Waals surface area contributed by atoms with E-state index in [1.54, 1.807) is 6.07 Å². The summed E-state index contributed by atoms with van der Waals surface area (Å²) in [4.78, 5) is 30.5. The molecule has 0 bridgehead atoms. The van der Waals surface area contributed by atoms with Crippen molar-refractivity contribution in [3.63, 3.8) is 0 Å². The fourth-order valence-corrected chi connectivity index (χ4v) is 4.50. The second-order valence-corrected chi connectivity index (χ2v) is 8.89. The standard InChI is InChI=1S/C23H29N3O3/c1-23(2,29)14-26-11-10-17-16(13-26)7-5-9-20(17)25-22(28)18-12-15-6-3-4-8-19(15)24-21(18)27/h5,7,9,12,29H,3-4,6,8,10-11,13-14H2,1-2H3,(H,24,27)(H,25,28). The lowest BCUT2D eigenvalue weighted by atomic mass is 9.94. The molecule has 0 atom stereocenters. The second-order valence-electron chi connectivity index (χ2n) is 8.89. The summed E-state index contributed by atoms with van der Waals surface area (Å²) >= 11 is 0. The molecule has 1 aliphatic heterocycles. The lowest BCUT2D eigenvalue weighted by Gasteiger charge is -2.33. The van der Waals surface area contributed by atoms with Gasteiger partial charge in [0.2, 0.25) is 0 Å². The van der Waals surface area contributed by atoms with Crippen LogP contribution in [-0.4, -0.2) is 39.6 Å². The number of aromatic amines is 1. The third-order valence-electron chi connectivity index (χ3n) is 5.79. The molecule has 0 saturated heterocycles. The predicted molar refractivity (Wildman–Crippen MR) is 113 cm³/mol. The van der Waals surface area contributed by atoms with Crippen molar-refractivity contribution in [3.05, 3.63) is 62.6 Å². The van der Waals surface area contributed by atoms with Crippen molar-refractivity contribution in [2.45, 2.75) is 58.1 Å². The molecule has 0 saturated carbocycles. The zero-order valence-corrected chi connectivity index (χ0v) is 17.2. The number of carbonyl (C=O) groups excluding carboxylic acids is 1. The van der Waals surface area contributed by atoms with Crippen molar-refractivity contribution in [1.29, 1.82) is 0 Å². The highest BCUT2D eigenvalue weighted by atomic mass is 16.3. The minimum Gasteiger partial charge on any atom is -0.389 e. The van der Waals surface area contributed by atoms with Crippen LogP contribution in [0.5, 0.6) is 0 Å². The van der Waals surface area contributed by atoms with Crippen LogP contribution in [0.15, 0.2) is 29.1 Å². The number of β-amino-alcohol motifs (C(OH)–C–C–N with tert-alkyl or cyclic N) is 1. The zero-order valence-electron chi connectivity index (χ0n) is 17.2. The Balaban J connectivity index is 1.55. The number of hydrogen-bond acceptors (Lipinski definition) is 4. The first-order valence-corrected chi connectivity index (χ1v) is 10.4. The summed E-state index contributed by atoms with van der Waals surface area (Å²) in [6, 6.07) is 7.66. The maximum absolute atomic E-state index is 12.9. The number of aliphatic hydroxyl groups is 1. The number of carbonyl (C=O) groups is 1. The second kappa shape index (κ2) is 7.76. The molecule has 6 nitrogen and oxygen atoms in total. The summed E-state index contributed by atoms with van der Waals surface area (Å²) in [6.07, 6.45) is 4.74. The van der Waals surface area contributed by atoms with Crippen LogP contribution in [0.25, 0.3) is 0 Å². The van der Waals surface area contributed by atoms with Gasteiger partial charge in [-0.3, -0.25) is 14.5 Å². The van der Waals surface area contributed by atoms with Gasteiger partial charge in [-0.05, 0) is 74.8 Å². The SMILES string of the molecule is CC(C)(O)CN1CCc2c(cccc2NC(=O)c2cc3c([nH]c2=O)CCCC3)C1. The lowest BCUT2D eigenvalue weighted by Crippen LogP contribution is -2.41. The smallest absolute Gasteiger partial charge is 0.261 e. The van der Waals surface area contributed by atoms with Crippen molar-refractivity contribution in [1.82, 2.24) is 9.88 Å². The zero-order chi connectivity index (χ0) is 20.6. The molecule has 0 radical (unpaired) electrons. The van der Waals surface area contributed by atoms with Crippen LogP contribution in [-0.2, 0) is 25.8 Å². The van der Waals surface area contributed by atoms with Crippen molar-refractivity contribution >= 4 is 11.6 Å². The molecule has 0 spiro atoms. The molecule has 1 aromatic heterocycles. The van der Waals surface area contributed by atoms with E-state index in [9.17, 15) is 14.7 Å². The number of pyridine rings is 1. The van der Waals surface area contributed by atoms with Gasteiger partial charge in [-0.25, -0.2) is 0 Å². The number of rotatable bonds is 4. The van der Waals surface area contributed by atoms with Crippen LogP contribution in [0, 0.1) is 0 Å². The Morgan fingerprint density at radius 2 is 2.00 bits per heavy atom. The van der Waals surface area contributed by atoms with Gasteiger partial charge in [0.25, 0.3) is 11.5 Å². The average molecular weight is 396 g/mol. The number of aromatic nitrogens is 1. The number of aryl methyl sites for hydroxylation is 2. The first-order chi connectivity index (χ1) is 13.8. The van der Waals surface area contributed by atoms with Crippen LogP contribution in [0.1, 0.15) is 59.4 Å². The number of fused-ring (bicyclic) bond motifs is 2. The van der Waals surface area contributed by atoms with Gasteiger partial charge in [0.1, 0.15) is 5.56 Å². The molecule has 2 aromatic rings. The Labute approximate surface area is 171 Å². The highest BCUT2D eigenvalue weighted by Crippen LogP contribution is 2.27.